The van der Waals surface area contributed by atoms with Crippen molar-refractivity contribution >= 4 is 39.0 Å². The molecule has 4 aliphatic carbocycles. The van der Waals surface area contributed by atoms with Crippen molar-refractivity contribution < 1.29 is 33.0 Å². The summed E-state index contributed by atoms with van der Waals surface area (Å²) in [7, 11) is 0. The van der Waals surface area contributed by atoms with Crippen molar-refractivity contribution in [2.24, 2.45) is 34.0 Å². The number of halogens is 2. The first kappa shape index (κ1) is 29.0. The number of hydrogen-bond donors (Lipinski definition) is 1. The molecule has 7 rings (SSSR count). The third-order valence-corrected chi connectivity index (χ3v) is 13.1. The highest BCUT2D eigenvalue weighted by Crippen LogP contribution is 2.74. The maximum Gasteiger partial charge on any atom is 0.303 e. The van der Waals surface area contributed by atoms with Crippen LogP contribution in [0.5, 0.6) is 0 Å². The van der Waals surface area contributed by atoms with Gasteiger partial charge in [0.05, 0.1) is 11.5 Å². The minimum atomic E-state index is -2.20. The number of nitrogens with zero attached hydrogens (tertiary/aromatic N) is 1. The lowest BCUT2D eigenvalue weighted by atomic mass is 9.43. The molecule has 1 aliphatic heterocycles. The summed E-state index contributed by atoms with van der Waals surface area (Å²) in [5, 5.41) is 13.0. The van der Waals surface area contributed by atoms with Crippen LogP contribution in [-0.2, 0) is 25.7 Å². The van der Waals surface area contributed by atoms with Gasteiger partial charge < -0.3 is 9.84 Å². The summed E-state index contributed by atoms with van der Waals surface area (Å²) in [6, 6.07) is 10.4. The summed E-state index contributed by atoms with van der Waals surface area (Å²) < 4.78 is 40.0. The van der Waals surface area contributed by atoms with Crippen molar-refractivity contribution in [3.05, 3.63) is 59.0 Å². The molecule has 5 aliphatic rings. The molecule has 0 spiro atoms. The zero-order valence-corrected chi connectivity index (χ0v) is 25.5. The Balaban J connectivity index is 1.27. The molecule has 9 atom stereocenters. The molecule has 43 heavy (non-hydrogen) atoms. The van der Waals surface area contributed by atoms with Crippen LogP contribution in [0.15, 0.2) is 54.1 Å². The van der Waals surface area contributed by atoms with Crippen LogP contribution in [0.4, 0.5) is 8.78 Å². The molecule has 228 valence electrons. The number of fused-ring (bicyclic) bond motifs is 8. The van der Waals surface area contributed by atoms with Crippen LogP contribution in [0.3, 0.4) is 0 Å². The molecule has 1 saturated heterocycles. The van der Waals surface area contributed by atoms with Crippen molar-refractivity contribution in [2.75, 3.05) is 19.7 Å². The number of aliphatic hydroxyl groups excluding tert-OH is 1. The Labute approximate surface area is 253 Å². The number of Topliss-reactive ketones (excluding diaryl/α,β-unsaturated/α-hetero) is 1. The molecule has 2 aromatic rings. The summed E-state index contributed by atoms with van der Waals surface area (Å²) in [5.41, 5.74) is -5.42. The van der Waals surface area contributed by atoms with Gasteiger partial charge in [0.15, 0.2) is 23.8 Å². The minimum absolute atomic E-state index is 0.0192. The smallest absolute Gasteiger partial charge is 0.303 e. The van der Waals surface area contributed by atoms with Gasteiger partial charge in [-0.05, 0) is 78.7 Å². The minimum Gasteiger partial charge on any atom is -0.458 e. The summed E-state index contributed by atoms with van der Waals surface area (Å²) in [6.45, 7) is 6.09. The van der Waals surface area contributed by atoms with Crippen molar-refractivity contribution in [3.8, 4) is 0 Å². The molecular formula is C34H37F2NO5S. The predicted octanol–water partition coefficient (Wildman–Crippen LogP) is 5.38. The Kier molecular flexibility index (Phi) is 6.49. The highest BCUT2D eigenvalue weighted by molar-refractivity contribution is 7.19. The van der Waals surface area contributed by atoms with Gasteiger partial charge >= 0.3 is 5.97 Å². The van der Waals surface area contributed by atoms with E-state index in [0.29, 0.717) is 26.1 Å². The number of esters is 1. The summed E-state index contributed by atoms with van der Waals surface area (Å²) in [5.74, 6) is -2.53. The Morgan fingerprint density at radius 3 is 2.70 bits per heavy atom. The van der Waals surface area contributed by atoms with Gasteiger partial charge in [-0.15, -0.1) is 11.3 Å². The first-order valence-electron chi connectivity index (χ1n) is 15.2. The number of alkyl halides is 2. The van der Waals surface area contributed by atoms with Crippen LogP contribution in [0.25, 0.3) is 10.1 Å². The quantitative estimate of drug-likeness (QED) is 0.459. The van der Waals surface area contributed by atoms with Gasteiger partial charge in [-0.25, -0.2) is 8.78 Å². The van der Waals surface area contributed by atoms with E-state index in [1.54, 1.807) is 18.3 Å². The van der Waals surface area contributed by atoms with Gasteiger partial charge in [0.1, 0.15) is 6.17 Å². The van der Waals surface area contributed by atoms with Crippen LogP contribution >= 0.6 is 11.3 Å². The van der Waals surface area contributed by atoms with Crippen LogP contribution in [-0.4, -0.2) is 65.2 Å². The second-order valence-corrected chi connectivity index (χ2v) is 15.1. The van der Waals surface area contributed by atoms with E-state index in [1.807, 2.05) is 19.1 Å². The van der Waals surface area contributed by atoms with Crippen LogP contribution in [0.2, 0.25) is 0 Å². The molecule has 0 bridgehead atoms. The Morgan fingerprint density at radius 1 is 1.19 bits per heavy atom. The van der Waals surface area contributed by atoms with E-state index in [2.05, 4.69) is 23.1 Å². The first-order valence-corrected chi connectivity index (χ1v) is 16.0. The number of ketones is 2. The highest BCUT2D eigenvalue weighted by atomic mass is 32.1. The number of aliphatic hydroxyl groups is 1. The second kappa shape index (κ2) is 9.62. The van der Waals surface area contributed by atoms with E-state index in [1.165, 1.54) is 40.1 Å². The number of likely N-dealkylation sites (tertiary alicyclic amines) is 1. The number of allylic oxidation sites excluding steroid dienone is 4. The molecule has 1 aromatic heterocycles. The third-order valence-electron chi connectivity index (χ3n) is 12.0. The Bertz CT molecular complexity index is 1570. The molecule has 0 amide bonds. The maximum atomic E-state index is 17.7. The molecule has 1 aromatic carbocycles. The molecule has 1 N–H and O–H groups in total. The summed E-state index contributed by atoms with van der Waals surface area (Å²) in [6.07, 6.45) is 1.29. The fourth-order valence-electron chi connectivity index (χ4n) is 10.1. The fourth-order valence-corrected chi connectivity index (χ4v) is 11.2. The van der Waals surface area contributed by atoms with Crippen LogP contribution < -0.4 is 0 Å². The SMILES string of the molecule is CC(=O)OCC(=O)[C@]12CN(Cc3cc4ccccc4s3)C[C@@H]1C[C@H]1[C@@H]3C[C@H](F)C4=CC(=O)C=C[C@]4(C)[C@@]3(F)[C@@H](O)C[C@@]12C. The van der Waals surface area contributed by atoms with Crippen LogP contribution in [0.1, 0.15) is 44.9 Å². The standard InChI is InChI=1S/C34H37F2NO5S/c1-19(38)42-17-30(41)33-18-37(16-23-10-20-6-4-5-7-28(20)43-23)15-21(33)11-24-25-13-27(35)26-12-22(39)8-9-31(26,2)34(25,36)29(40)14-32(24,33)3/h4-10,12,21,24-25,27,29,40H,11,13-18H2,1-3H3/t21-,24-,25-,27-,29-,31-,32-,33-,34-/m0/s1. The number of benzene rings is 1. The van der Waals surface area contributed by atoms with Gasteiger partial charge in [0.2, 0.25) is 0 Å². The van der Waals surface area contributed by atoms with E-state index in [-0.39, 0.29) is 48.4 Å². The molecule has 2 heterocycles. The average Bonchev–Trinajstić information content (AvgIpc) is 3.60. The lowest BCUT2D eigenvalue weighted by molar-refractivity contribution is -0.212. The van der Waals surface area contributed by atoms with Crippen molar-refractivity contribution in [2.45, 2.75) is 64.5 Å². The van der Waals surface area contributed by atoms with E-state index in [4.69, 9.17) is 4.74 Å². The second-order valence-electron chi connectivity index (χ2n) is 13.9. The number of hydrogen-bond acceptors (Lipinski definition) is 7. The van der Waals surface area contributed by atoms with Gasteiger partial charge in [-0.2, -0.15) is 0 Å². The summed E-state index contributed by atoms with van der Waals surface area (Å²) >= 11 is 1.72. The van der Waals surface area contributed by atoms with Crippen molar-refractivity contribution in [1.82, 2.24) is 4.90 Å². The molecule has 0 unspecified atom stereocenters. The molecule has 4 fully saturated rings. The molecule has 0 radical (unpaired) electrons. The normalized spacial score (nSPS) is 41.8. The first-order chi connectivity index (χ1) is 20.3. The largest absolute Gasteiger partial charge is 0.458 e. The number of carbonyl (C=O) groups excluding carboxylic acids is 3. The zero-order valence-electron chi connectivity index (χ0n) is 24.6. The fraction of sp³-hybridized carbons (Fsp3) is 0.559. The molecule has 9 heteroatoms. The molecular weight excluding hydrogens is 572 g/mol. The highest BCUT2D eigenvalue weighted by Gasteiger charge is 2.78. The monoisotopic (exact) mass is 609 g/mol. The third kappa shape index (κ3) is 3.83. The Morgan fingerprint density at radius 2 is 1.95 bits per heavy atom. The Hall–Kier alpha value is -2.75. The zero-order chi connectivity index (χ0) is 30.5. The predicted molar refractivity (Wildman–Crippen MR) is 159 cm³/mol. The van der Waals surface area contributed by atoms with Gasteiger partial charge in [0.25, 0.3) is 0 Å². The van der Waals surface area contributed by atoms with Crippen molar-refractivity contribution in [1.29, 1.82) is 0 Å². The lowest BCUT2D eigenvalue weighted by Gasteiger charge is -2.63. The topological polar surface area (TPSA) is 83.9 Å². The van der Waals surface area contributed by atoms with Gasteiger partial charge in [-0.3, -0.25) is 19.3 Å². The number of ether oxygens (including phenoxy) is 1. The van der Waals surface area contributed by atoms with Crippen molar-refractivity contribution in [3.63, 3.8) is 0 Å². The molecule has 6 nitrogen and oxygen atoms in total. The number of carbonyl (C=O) groups is 3. The maximum absolute atomic E-state index is 17.7. The van der Waals surface area contributed by atoms with Gasteiger partial charge in [-0.1, -0.05) is 31.2 Å². The van der Waals surface area contributed by atoms with Gasteiger partial charge in [0, 0.05) is 47.5 Å². The number of thiophene rings is 1. The summed E-state index contributed by atoms with van der Waals surface area (Å²) in [4.78, 5) is 41.7. The molecule has 3 saturated carbocycles. The lowest BCUT2D eigenvalue weighted by Crippen LogP contribution is -2.69. The van der Waals surface area contributed by atoms with E-state index in [0.717, 1.165) is 0 Å². The van der Waals surface area contributed by atoms with E-state index < -0.39 is 46.1 Å². The average molecular weight is 610 g/mol. The van der Waals surface area contributed by atoms with E-state index >= 15 is 8.78 Å². The number of rotatable bonds is 5. The van der Waals surface area contributed by atoms with Crippen LogP contribution in [0, 0.1) is 34.0 Å². The van der Waals surface area contributed by atoms with E-state index in [9.17, 15) is 19.5 Å².